The molecular weight excluding hydrogens is 274 g/mol. The number of carbonyl (C=O) groups is 2. The second-order valence-electron chi connectivity index (χ2n) is 4.92. The van der Waals surface area contributed by atoms with Crippen LogP contribution in [0.3, 0.4) is 0 Å². The van der Waals surface area contributed by atoms with Crippen molar-refractivity contribution in [1.82, 2.24) is 30.2 Å². The van der Waals surface area contributed by atoms with Crippen molar-refractivity contribution in [3.63, 3.8) is 0 Å². The van der Waals surface area contributed by atoms with Gasteiger partial charge in [0.15, 0.2) is 5.65 Å². The number of carbonyl (C=O) groups excluding carboxylic acids is 2. The summed E-state index contributed by atoms with van der Waals surface area (Å²) in [7, 11) is 0. The van der Waals surface area contributed by atoms with E-state index in [4.69, 9.17) is 0 Å². The lowest BCUT2D eigenvalue weighted by Crippen LogP contribution is -2.22. The molecule has 2 aromatic rings. The van der Waals surface area contributed by atoms with Crippen LogP contribution in [0.2, 0.25) is 0 Å². The van der Waals surface area contributed by atoms with Gasteiger partial charge >= 0.3 is 6.03 Å². The highest BCUT2D eigenvalue weighted by Crippen LogP contribution is 2.24. The number of hydrogen-bond donors (Lipinski definition) is 3. The summed E-state index contributed by atoms with van der Waals surface area (Å²) in [5.74, 6) is 0.150. The molecule has 1 saturated heterocycles. The molecule has 0 bridgehead atoms. The number of amides is 3. The number of fused-ring (bicyclic) bond motifs is 1. The molecule has 3 N–H and O–H groups in total. The summed E-state index contributed by atoms with van der Waals surface area (Å²) >= 11 is 0. The van der Waals surface area contributed by atoms with Crippen LogP contribution in [0.4, 0.5) is 10.7 Å². The van der Waals surface area contributed by atoms with E-state index in [2.05, 4.69) is 31.0 Å². The van der Waals surface area contributed by atoms with E-state index in [9.17, 15) is 9.59 Å². The topological polar surface area (TPSA) is 113 Å². The van der Waals surface area contributed by atoms with Crippen LogP contribution >= 0.6 is 0 Å². The SMILES string of the molecule is O=C1NC(=O)/C(=C\c2cnn3c(NC4CC4)ncnc23)N1. The molecular formula is C12H11N7O2. The molecule has 0 atom stereocenters. The fraction of sp³-hybridized carbons (Fsp3) is 0.250. The molecule has 9 heteroatoms. The summed E-state index contributed by atoms with van der Waals surface area (Å²) in [6.45, 7) is 0. The van der Waals surface area contributed by atoms with Crippen molar-refractivity contribution in [3.05, 3.63) is 23.8 Å². The fourth-order valence-electron chi connectivity index (χ4n) is 2.08. The van der Waals surface area contributed by atoms with Gasteiger partial charge in [-0.05, 0) is 18.9 Å². The van der Waals surface area contributed by atoms with E-state index in [1.807, 2.05) is 0 Å². The second kappa shape index (κ2) is 4.27. The van der Waals surface area contributed by atoms with Crippen molar-refractivity contribution in [2.45, 2.75) is 18.9 Å². The van der Waals surface area contributed by atoms with Crippen LogP contribution in [0, 0.1) is 0 Å². The van der Waals surface area contributed by atoms with Gasteiger partial charge in [0, 0.05) is 11.6 Å². The maximum atomic E-state index is 11.5. The van der Waals surface area contributed by atoms with Crippen molar-refractivity contribution in [3.8, 4) is 0 Å². The molecule has 106 valence electrons. The van der Waals surface area contributed by atoms with Crippen molar-refractivity contribution < 1.29 is 9.59 Å². The molecule has 2 aromatic heterocycles. The third-order valence-electron chi connectivity index (χ3n) is 3.26. The number of urea groups is 1. The molecule has 1 aliphatic carbocycles. The van der Waals surface area contributed by atoms with Gasteiger partial charge in [0.05, 0.1) is 6.20 Å². The van der Waals surface area contributed by atoms with Crippen molar-refractivity contribution in [1.29, 1.82) is 0 Å². The molecule has 0 aromatic carbocycles. The Morgan fingerprint density at radius 1 is 1.29 bits per heavy atom. The first-order valence-corrected chi connectivity index (χ1v) is 6.50. The molecule has 3 heterocycles. The summed E-state index contributed by atoms with van der Waals surface area (Å²) in [6, 6.07) is -0.0950. The van der Waals surface area contributed by atoms with Crippen LogP contribution in [0.5, 0.6) is 0 Å². The molecule has 0 radical (unpaired) electrons. The Morgan fingerprint density at radius 3 is 2.86 bits per heavy atom. The molecule has 0 unspecified atom stereocenters. The van der Waals surface area contributed by atoms with Gasteiger partial charge in [-0.25, -0.2) is 14.8 Å². The summed E-state index contributed by atoms with van der Waals surface area (Å²) < 4.78 is 1.58. The van der Waals surface area contributed by atoms with Crippen LogP contribution in [0.1, 0.15) is 18.4 Å². The van der Waals surface area contributed by atoms with Gasteiger partial charge in [-0.15, -0.1) is 0 Å². The molecule has 4 rings (SSSR count). The minimum absolute atomic E-state index is 0.171. The largest absolute Gasteiger partial charge is 0.351 e. The maximum absolute atomic E-state index is 11.5. The Balaban J connectivity index is 1.74. The van der Waals surface area contributed by atoms with Gasteiger partial charge in [0.25, 0.3) is 5.91 Å². The van der Waals surface area contributed by atoms with E-state index >= 15 is 0 Å². The van der Waals surface area contributed by atoms with Gasteiger partial charge < -0.3 is 10.6 Å². The minimum atomic E-state index is -0.534. The quantitative estimate of drug-likeness (QED) is 0.535. The number of nitrogens with zero attached hydrogens (tertiary/aromatic N) is 4. The van der Waals surface area contributed by atoms with Crippen molar-refractivity contribution in [2.24, 2.45) is 0 Å². The Bertz CT molecular complexity index is 790. The molecule has 2 fully saturated rings. The molecule has 9 nitrogen and oxygen atoms in total. The van der Waals surface area contributed by atoms with E-state index in [1.165, 1.54) is 12.4 Å². The molecule has 1 aliphatic heterocycles. The van der Waals surface area contributed by atoms with Crippen molar-refractivity contribution >= 4 is 29.6 Å². The first-order chi connectivity index (χ1) is 10.2. The van der Waals surface area contributed by atoms with Gasteiger partial charge in [-0.1, -0.05) is 0 Å². The van der Waals surface area contributed by atoms with E-state index in [-0.39, 0.29) is 5.70 Å². The Hall–Kier alpha value is -2.97. The normalized spacial score (nSPS) is 19.9. The Labute approximate surface area is 118 Å². The zero-order valence-corrected chi connectivity index (χ0v) is 10.8. The van der Waals surface area contributed by atoms with E-state index in [0.29, 0.717) is 23.2 Å². The highest BCUT2D eigenvalue weighted by Gasteiger charge is 2.25. The van der Waals surface area contributed by atoms with Crippen LogP contribution in [-0.2, 0) is 4.79 Å². The highest BCUT2D eigenvalue weighted by molar-refractivity contribution is 6.14. The van der Waals surface area contributed by atoms with E-state index in [0.717, 1.165) is 12.8 Å². The predicted molar refractivity (Wildman–Crippen MR) is 72.1 cm³/mol. The van der Waals surface area contributed by atoms with Gasteiger partial charge in [-0.2, -0.15) is 9.61 Å². The third kappa shape index (κ3) is 2.08. The predicted octanol–water partition coefficient (Wildman–Crippen LogP) is -0.121. The smallest absolute Gasteiger partial charge is 0.326 e. The summed E-state index contributed by atoms with van der Waals surface area (Å²) in [5, 5.41) is 12.1. The average molecular weight is 285 g/mol. The molecule has 1 saturated carbocycles. The molecule has 0 spiro atoms. The van der Waals surface area contributed by atoms with Crippen LogP contribution < -0.4 is 16.0 Å². The van der Waals surface area contributed by atoms with Gasteiger partial charge in [-0.3, -0.25) is 10.1 Å². The Morgan fingerprint density at radius 2 is 2.14 bits per heavy atom. The highest BCUT2D eigenvalue weighted by atomic mass is 16.2. The number of rotatable bonds is 3. The van der Waals surface area contributed by atoms with Crippen LogP contribution in [0.15, 0.2) is 18.2 Å². The fourth-order valence-corrected chi connectivity index (χ4v) is 2.08. The number of nitrogens with one attached hydrogen (secondary N) is 3. The zero-order valence-electron chi connectivity index (χ0n) is 10.8. The first kappa shape index (κ1) is 11.8. The minimum Gasteiger partial charge on any atom is -0.351 e. The number of hydrogen-bond acceptors (Lipinski definition) is 6. The van der Waals surface area contributed by atoms with Crippen molar-refractivity contribution in [2.75, 3.05) is 5.32 Å². The lowest BCUT2D eigenvalue weighted by molar-refractivity contribution is -0.115. The zero-order chi connectivity index (χ0) is 14.4. The Kier molecular flexibility index (Phi) is 2.40. The number of imide groups is 1. The first-order valence-electron chi connectivity index (χ1n) is 6.50. The van der Waals surface area contributed by atoms with Gasteiger partial charge in [0.2, 0.25) is 5.95 Å². The summed E-state index contributed by atoms with van der Waals surface area (Å²) in [6.07, 6.45) is 6.80. The van der Waals surface area contributed by atoms with E-state index in [1.54, 1.807) is 10.7 Å². The van der Waals surface area contributed by atoms with Crippen LogP contribution in [0.25, 0.3) is 11.7 Å². The number of anilines is 1. The standard InChI is InChI=1S/C12H11N7O2/c20-10-8(17-12(21)18-10)3-6-4-15-19-9(6)13-5-14-11(19)16-7-1-2-7/h3-5,7H,1-2H2,(H,13,14,16)(H2,17,18,20,21)/b8-3+. The van der Waals surface area contributed by atoms with Crippen LogP contribution in [-0.4, -0.2) is 37.6 Å². The van der Waals surface area contributed by atoms with E-state index < -0.39 is 11.9 Å². The molecule has 21 heavy (non-hydrogen) atoms. The van der Waals surface area contributed by atoms with Gasteiger partial charge in [0.1, 0.15) is 12.0 Å². The lowest BCUT2D eigenvalue weighted by Gasteiger charge is -2.04. The summed E-state index contributed by atoms with van der Waals surface area (Å²) in [4.78, 5) is 31.0. The average Bonchev–Trinajstić information content (AvgIpc) is 3.09. The molecule has 2 aliphatic rings. The monoisotopic (exact) mass is 285 g/mol. The summed E-state index contributed by atoms with van der Waals surface area (Å²) in [5.41, 5.74) is 1.36. The number of aromatic nitrogens is 4. The lowest BCUT2D eigenvalue weighted by atomic mass is 10.2. The third-order valence-corrected chi connectivity index (χ3v) is 3.26. The molecule has 3 amide bonds. The second-order valence-corrected chi connectivity index (χ2v) is 4.92. The maximum Gasteiger partial charge on any atom is 0.326 e.